The van der Waals surface area contributed by atoms with E-state index in [0.29, 0.717) is 5.92 Å². The van der Waals surface area contributed by atoms with Crippen LogP contribution in [0, 0.1) is 5.92 Å². The molecule has 0 rings (SSSR count). The first-order valence-electron chi connectivity index (χ1n) is 3.56. The molecule has 0 bridgehead atoms. The van der Waals surface area contributed by atoms with Crippen molar-refractivity contribution in [3.63, 3.8) is 0 Å². The topological polar surface area (TPSA) is 12.4 Å². The van der Waals surface area contributed by atoms with E-state index in [-0.39, 0.29) is 0 Å². The molecule has 0 aliphatic rings. The lowest BCUT2D eigenvalue weighted by Crippen LogP contribution is -1.92. The molecule has 0 aliphatic carbocycles. The van der Waals surface area contributed by atoms with E-state index in [4.69, 9.17) is 0 Å². The Morgan fingerprint density at radius 3 is 2.70 bits per heavy atom. The zero-order valence-electron chi connectivity index (χ0n) is 6.80. The van der Waals surface area contributed by atoms with Gasteiger partial charge in [0, 0.05) is 11.9 Å². The van der Waals surface area contributed by atoms with Crippen LogP contribution in [-0.2, 0) is 0 Å². The predicted molar refractivity (Wildman–Crippen MR) is 47.3 cm³/mol. The van der Waals surface area contributed by atoms with Gasteiger partial charge in [0.15, 0.2) is 0 Å². The first-order valence-corrected chi connectivity index (χ1v) is 3.56. The summed E-state index contributed by atoms with van der Waals surface area (Å²) in [6.45, 7) is 11.6. The summed E-state index contributed by atoms with van der Waals surface area (Å²) in [5.41, 5.74) is 0.933. The maximum absolute atomic E-state index is 4.08. The molecule has 0 radical (unpaired) electrons. The fourth-order valence-corrected chi connectivity index (χ4v) is 0.511. The molecule has 0 aromatic heterocycles. The van der Waals surface area contributed by atoms with Gasteiger partial charge in [-0.2, -0.15) is 0 Å². The van der Waals surface area contributed by atoms with Crippen molar-refractivity contribution in [2.45, 2.75) is 20.3 Å². The van der Waals surface area contributed by atoms with E-state index in [1.54, 1.807) is 12.3 Å². The molecule has 1 heteroatoms. The Hall–Kier alpha value is -0.850. The van der Waals surface area contributed by atoms with Gasteiger partial charge in [0.25, 0.3) is 0 Å². The summed E-state index contributed by atoms with van der Waals surface area (Å²) in [6.07, 6.45) is 4.43. The molecular formula is C9H15N. The minimum Gasteiger partial charge on any atom is -0.262 e. The number of nitrogens with zero attached hydrogens (tertiary/aromatic N) is 1. The van der Waals surface area contributed by atoms with Crippen LogP contribution in [0.4, 0.5) is 0 Å². The number of rotatable bonds is 4. The second-order valence-electron chi connectivity index (χ2n) is 2.31. The highest BCUT2D eigenvalue weighted by atomic mass is 14.7. The quantitative estimate of drug-likeness (QED) is 0.528. The smallest absolute Gasteiger partial charge is 0.0359 e. The molecular weight excluding hydrogens is 122 g/mol. The Morgan fingerprint density at radius 1 is 1.70 bits per heavy atom. The first-order chi connectivity index (χ1) is 4.72. The molecule has 0 aromatic rings. The van der Waals surface area contributed by atoms with Crippen molar-refractivity contribution in [3.05, 3.63) is 24.9 Å². The standard InChI is InChI=1S/C9H15N/c1-5-7-10-9(4)8(3)6-2/h5,7-8H,1,4,6H2,2-3H3. The van der Waals surface area contributed by atoms with Crippen LogP contribution in [-0.4, -0.2) is 6.21 Å². The van der Waals surface area contributed by atoms with Crippen molar-refractivity contribution < 1.29 is 0 Å². The molecule has 0 fully saturated rings. The molecule has 0 aliphatic heterocycles. The minimum atomic E-state index is 0.483. The van der Waals surface area contributed by atoms with Crippen molar-refractivity contribution in [1.82, 2.24) is 0 Å². The van der Waals surface area contributed by atoms with Crippen molar-refractivity contribution in [2.24, 2.45) is 10.9 Å². The average molecular weight is 137 g/mol. The molecule has 1 unspecified atom stereocenters. The third kappa shape index (κ3) is 3.23. The van der Waals surface area contributed by atoms with Gasteiger partial charge in [0.1, 0.15) is 0 Å². The third-order valence-corrected chi connectivity index (χ3v) is 1.53. The van der Waals surface area contributed by atoms with Gasteiger partial charge in [0.2, 0.25) is 0 Å². The van der Waals surface area contributed by atoms with Crippen LogP contribution in [0.3, 0.4) is 0 Å². The van der Waals surface area contributed by atoms with Gasteiger partial charge >= 0.3 is 0 Å². The Morgan fingerprint density at radius 2 is 2.30 bits per heavy atom. The van der Waals surface area contributed by atoms with Crippen molar-refractivity contribution in [1.29, 1.82) is 0 Å². The van der Waals surface area contributed by atoms with Gasteiger partial charge in [-0.1, -0.05) is 33.1 Å². The third-order valence-electron chi connectivity index (χ3n) is 1.53. The zero-order chi connectivity index (χ0) is 7.98. The lowest BCUT2D eigenvalue weighted by molar-refractivity contribution is 0.652. The van der Waals surface area contributed by atoms with E-state index in [1.165, 1.54) is 0 Å². The maximum atomic E-state index is 4.08. The molecule has 0 spiro atoms. The second-order valence-corrected chi connectivity index (χ2v) is 2.31. The number of hydrogen-bond donors (Lipinski definition) is 0. The number of allylic oxidation sites excluding steroid dienone is 2. The van der Waals surface area contributed by atoms with Gasteiger partial charge in [0.05, 0.1) is 0 Å². The average Bonchev–Trinajstić information content (AvgIpc) is 1.98. The Kier molecular flexibility index (Phi) is 4.55. The van der Waals surface area contributed by atoms with Crippen LogP contribution in [0.1, 0.15) is 20.3 Å². The van der Waals surface area contributed by atoms with Crippen LogP contribution >= 0.6 is 0 Å². The van der Waals surface area contributed by atoms with E-state index in [1.807, 2.05) is 0 Å². The lowest BCUT2D eigenvalue weighted by Gasteiger charge is -2.05. The summed E-state index contributed by atoms with van der Waals surface area (Å²) in [4.78, 5) is 4.08. The zero-order valence-corrected chi connectivity index (χ0v) is 6.80. The van der Waals surface area contributed by atoms with Gasteiger partial charge in [-0.05, 0) is 12.3 Å². The molecule has 0 saturated carbocycles. The molecule has 0 amide bonds. The van der Waals surface area contributed by atoms with E-state index in [9.17, 15) is 0 Å². The summed E-state index contributed by atoms with van der Waals surface area (Å²) < 4.78 is 0. The number of aliphatic imine (C=N–C) groups is 1. The van der Waals surface area contributed by atoms with E-state index >= 15 is 0 Å². The Balaban J connectivity index is 3.83. The summed E-state index contributed by atoms with van der Waals surface area (Å²) in [5.74, 6) is 0.483. The van der Waals surface area contributed by atoms with Crippen LogP contribution in [0.15, 0.2) is 29.9 Å². The number of hydrogen-bond acceptors (Lipinski definition) is 1. The molecule has 1 atom stereocenters. The highest BCUT2D eigenvalue weighted by Crippen LogP contribution is 2.11. The van der Waals surface area contributed by atoms with Gasteiger partial charge < -0.3 is 0 Å². The fourth-order valence-electron chi connectivity index (χ4n) is 0.511. The van der Waals surface area contributed by atoms with Crippen LogP contribution in [0.25, 0.3) is 0 Å². The van der Waals surface area contributed by atoms with E-state index < -0.39 is 0 Å². The van der Waals surface area contributed by atoms with Gasteiger partial charge in [-0.25, -0.2) is 0 Å². The summed E-state index contributed by atoms with van der Waals surface area (Å²) in [6, 6.07) is 0. The predicted octanol–water partition coefficient (Wildman–Crippen LogP) is 2.80. The molecule has 10 heavy (non-hydrogen) atoms. The normalized spacial score (nSPS) is 13.4. The van der Waals surface area contributed by atoms with Crippen molar-refractivity contribution in [3.8, 4) is 0 Å². The van der Waals surface area contributed by atoms with Crippen molar-refractivity contribution in [2.75, 3.05) is 0 Å². The molecule has 1 nitrogen and oxygen atoms in total. The highest BCUT2D eigenvalue weighted by Gasteiger charge is 1.99. The van der Waals surface area contributed by atoms with E-state index in [2.05, 4.69) is 32.0 Å². The summed E-state index contributed by atoms with van der Waals surface area (Å²) >= 11 is 0. The Bertz CT molecular complexity index is 145. The maximum Gasteiger partial charge on any atom is 0.0359 e. The molecule has 0 N–H and O–H groups in total. The monoisotopic (exact) mass is 137 g/mol. The van der Waals surface area contributed by atoms with Crippen LogP contribution in [0.5, 0.6) is 0 Å². The molecule has 0 heterocycles. The van der Waals surface area contributed by atoms with E-state index in [0.717, 1.165) is 12.1 Å². The van der Waals surface area contributed by atoms with Gasteiger partial charge in [-0.15, -0.1) is 0 Å². The van der Waals surface area contributed by atoms with Crippen molar-refractivity contribution >= 4 is 6.21 Å². The Labute approximate surface area is 63.2 Å². The summed E-state index contributed by atoms with van der Waals surface area (Å²) in [5, 5.41) is 0. The lowest BCUT2D eigenvalue weighted by atomic mass is 10.1. The summed E-state index contributed by atoms with van der Waals surface area (Å²) in [7, 11) is 0. The van der Waals surface area contributed by atoms with Gasteiger partial charge in [-0.3, -0.25) is 4.99 Å². The second kappa shape index (κ2) is 4.98. The van der Waals surface area contributed by atoms with Crippen LogP contribution in [0.2, 0.25) is 0 Å². The largest absolute Gasteiger partial charge is 0.262 e. The first kappa shape index (κ1) is 9.15. The minimum absolute atomic E-state index is 0.483. The SMILES string of the molecule is C=CC=NC(=C)C(C)CC. The molecule has 0 saturated heterocycles. The fraction of sp³-hybridized carbons (Fsp3) is 0.444. The molecule has 0 aromatic carbocycles. The molecule has 56 valence electrons. The van der Waals surface area contributed by atoms with Crippen LogP contribution < -0.4 is 0 Å². The highest BCUT2D eigenvalue weighted by molar-refractivity contribution is 5.71.